The van der Waals surface area contributed by atoms with Gasteiger partial charge in [0.15, 0.2) is 0 Å². The van der Waals surface area contributed by atoms with Crippen molar-refractivity contribution in [3.05, 3.63) is 63.8 Å². The van der Waals surface area contributed by atoms with Crippen molar-refractivity contribution in [2.45, 2.75) is 43.7 Å². The Morgan fingerprint density at radius 2 is 1.72 bits per heavy atom. The molecule has 0 unspecified atom stereocenters. The normalized spacial score (nSPS) is 17.1. The maximum atomic E-state index is 13.4. The Kier molecular flexibility index (Phi) is 7.00. The third-order valence-electron chi connectivity index (χ3n) is 6.88. The van der Waals surface area contributed by atoms with Crippen LogP contribution in [0, 0.1) is 0 Å². The fourth-order valence-corrected chi connectivity index (χ4v) is 7.37. The van der Waals surface area contributed by atoms with E-state index < -0.39 is 10.0 Å². The lowest BCUT2D eigenvalue weighted by atomic mass is 10.0. The highest BCUT2D eigenvalue weighted by atomic mass is 35.5. The van der Waals surface area contributed by atoms with E-state index in [-0.39, 0.29) is 27.4 Å². The smallest absolute Gasteiger partial charge is 0.246 e. The lowest BCUT2D eigenvalue weighted by Crippen LogP contribution is -2.41. The Bertz CT molecular complexity index is 1360. The van der Waals surface area contributed by atoms with E-state index in [1.165, 1.54) is 16.4 Å². The van der Waals surface area contributed by atoms with Crippen molar-refractivity contribution < 1.29 is 13.2 Å². The van der Waals surface area contributed by atoms with Crippen molar-refractivity contribution in [3.63, 3.8) is 0 Å². The molecular weight excluding hydrogens is 521 g/mol. The molecule has 1 saturated heterocycles. The Morgan fingerprint density at radius 1 is 1.06 bits per heavy atom. The van der Waals surface area contributed by atoms with Crippen LogP contribution in [0.2, 0.25) is 10.0 Å². The Balaban J connectivity index is 1.32. The fourth-order valence-electron chi connectivity index (χ4n) is 4.87. The number of halogens is 2. The lowest BCUT2D eigenvalue weighted by molar-refractivity contribution is -0.129. The molecule has 0 spiro atoms. The van der Waals surface area contributed by atoms with Gasteiger partial charge in [-0.3, -0.25) is 9.89 Å². The van der Waals surface area contributed by atoms with Crippen LogP contribution in [0.25, 0.3) is 11.3 Å². The molecule has 190 valence electrons. The lowest BCUT2D eigenvalue weighted by Gasteiger charge is -2.32. The van der Waals surface area contributed by atoms with Crippen molar-refractivity contribution in [1.82, 2.24) is 19.4 Å². The van der Waals surface area contributed by atoms with Gasteiger partial charge in [-0.25, -0.2) is 8.42 Å². The van der Waals surface area contributed by atoms with Crippen molar-refractivity contribution >= 4 is 44.8 Å². The molecule has 2 aliphatic rings. The molecule has 8 nitrogen and oxygen atoms in total. The first-order valence-electron chi connectivity index (χ1n) is 11.9. The predicted octanol–water partition coefficient (Wildman–Crippen LogP) is 4.55. The van der Waals surface area contributed by atoms with Crippen LogP contribution in [0.4, 0.5) is 5.69 Å². The van der Waals surface area contributed by atoms with Crippen LogP contribution >= 0.6 is 23.2 Å². The topological polar surface area (TPSA) is 98.4 Å². The highest BCUT2D eigenvalue weighted by Gasteiger charge is 2.34. The zero-order valence-electron chi connectivity index (χ0n) is 19.8. The van der Waals surface area contributed by atoms with E-state index in [2.05, 4.69) is 15.5 Å². The number of rotatable bonds is 5. The third-order valence-corrected chi connectivity index (χ3v) is 9.69. The number of sulfonamides is 1. The quantitative estimate of drug-likeness (QED) is 0.488. The molecule has 2 N–H and O–H groups in total. The van der Waals surface area contributed by atoms with E-state index in [0.29, 0.717) is 19.0 Å². The van der Waals surface area contributed by atoms with Crippen LogP contribution in [-0.2, 0) is 27.8 Å². The highest BCUT2D eigenvalue weighted by molar-refractivity contribution is 7.89. The molecule has 3 heterocycles. The van der Waals surface area contributed by atoms with Crippen LogP contribution in [0.5, 0.6) is 0 Å². The van der Waals surface area contributed by atoms with Gasteiger partial charge in [-0.2, -0.15) is 9.40 Å². The zero-order valence-corrected chi connectivity index (χ0v) is 22.1. The predicted molar refractivity (Wildman–Crippen MR) is 141 cm³/mol. The molecule has 3 aromatic rings. The van der Waals surface area contributed by atoms with Gasteiger partial charge in [-0.15, -0.1) is 0 Å². The van der Waals surface area contributed by atoms with Crippen LogP contribution in [-0.4, -0.2) is 59.4 Å². The second kappa shape index (κ2) is 10.0. The number of nitrogens with zero attached hydrogens (tertiary/aromatic N) is 3. The molecule has 36 heavy (non-hydrogen) atoms. The second-order valence-electron chi connectivity index (χ2n) is 9.17. The maximum absolute atomic E-state index is 13.4. The second-order valence-corrected chi connectivity index (χ2v) is 11.9. The molecule has 2 aromatic carbocycles. The van der Waals surface area contributed by atoms with Gasteiger partial charge in [0.25, 0.3) is 0 Å². The van der Waals surface area contributed by atoms with Gasteiger partial charge in [0.2, 0.25) is 15.9 Å². The average molecular weight is 548 g/mol. The van der Waals surface area contributed by atoms with Crippen LogP contribution in [0.15, 0.2) is 47.4 Å². The van der Waals surface area contributed by atoms with Crippen molar-refractivity contribution in [1.29, 1.82) is 0 Å². The molecule has 2 aliphatic heterocycles. The van der Waals surface area contributed by atoms with Gasteiger partial charge in [-0.05, 0) is 37.1 Å². The SMILES string of the molecule is CC(=O)N1CCC(Nc2ccc(-c3n[nH]c4c3CN(S(=O)(=O)c3c(Cl)cccc3Cl)CC4)cc2)CC1. The number of carbonyl (C=O) groups excluding carboxylic acids is 1. The Hall–Kier alpha value is -2.59. The molecule has 1 fully saturated rings. The molecule has 0 saturated carbocycles. The molecule has 0 radical (unpaired) electrons. The number of amides is 1. The molecule has 11 heteroatoms. The number of aromatic amines is 1. The standard InChI is InChI=1S/C25H27Cl2N5O3S/c1-16(33)31-12-9-19(10-13-31)28-18-7-5-17(6-8-18)24-20-15-32(14-11-23(20)29-30-24)36(34,35)25-21(26)3-2-4-22(25)27/h2-8,19,28H,9-15H2,1H3,(H,29,30). The number of fused-ring (bicyclic) bond motifs is 1. The number of aromatic nitrogens is 2. The van der Waals surface area contributed by atoms with E-state index >= 15 is 0 Å². The largest absolute Gasteiger partial charge is 0.382 e. The van der Waals surface area contributed by atoms with Crippen LogP contribution < -0.4 is 5.32 Å². The van der Waals surface area contributed by atoms with Crippen molar-refractivity contribution in [2.24, 2.45) is 0 Å². The van der Waals surface area contributed by atoms with Gasteiger partial charge < -0.3 is 10.2 Å². The molecular formula is C25H27Cl2N5O3S. The summed E-state index contributed by atoms with van der Waals surface area (Å²) in [7, 11) is -3.88. The Morgan fingerprint density at radius 3 is 2.36 bits per heavy atom. The summed E-state index contributed by atoms with van der Waals surface area (Å²) in [5, 5.41) is 11.4. The number of likely N-dealkylation sites (tertiary alicyclic amines) is 1. The van der Waals surface area contributed by atoms with Gasteiger partial charge in [0.1, 0.15) is 4.90 Å². The maximum Gasteiger partial charge on any atom is 0.246 e. The summed E-state index contributed by atoms with van der Waals surface area (Å²) in [5.41, 5.74) is 4.42. The monoisotopic (exact) mass is 547 g/mol. The summed E-state index contributed by atoms with van der Waals surface area (Å²) in [6.07, 6.45) is 2.34. The van der Waals surface area contributed by atoms with E-state index in [1.807, 2.05) is 29.2 Å². The van der Waals surface area contributed by atoms with E-state index in [4.69, 9.17) is 23.2 Å². The molecule has 1 amide bonds. The minimum Gasteiger partial charge on any atom is -0.382 e. The first-order chi connectivity index (χ1) is 17.2. The van der Waals surface area contributed by atoms with Crippen molar-refractivity contribution in [3.8, 4) is 11.3 Å². The number of anilines is 1. The first kappa shape index (κ1) is 25.1. The van der Waals surface area contributed by atoms with E-state index in [1.54, 1.807) is 13.0 Å². The number of nitrogens with one attached hydrogen (secondary N) is 2. The summed E-state index contributed by atoms with van der Waals surface area (Å²) >= 11 is 12.4. The third kappa shape index (κ3) is 4.85. The first-order valence-corrected chi connectivity index (χ1v) is 14.1. The average Bonchev–Trinajstić information content (AvgIpc) is 3.28. The summed E-state index contributed by atoms with van der Waals surface area (Å²) in [5.74, 6) is 0.126. The Labute approximate surface area is 220 Å². The molecule has 5 rings (SSSR count). The van der Waals surface area contributed by atoms with Crippen LogP contribution in [0.3, 0.4) is 0 Å². The summed E-state index contributed by atoms with van der Waals surface area (Å²) in [6.45, 7) is 3.64. The fraction of sp³-hybridized carbons (Fsp3) is 0.360. The number of piperidine rings is 1. The minimum atomic E-state index is -3.88. The molecule has 0 atom stereocenters. The van der Waals surface area contributed by atoms with Gasteiger partial charge in [0.05, 0.1) is 15.7 Å². The summed E-state index contributed by atoms with van der Waals surface area (Å²) in [6, 6.07) is 13.0. The number of hydrogen-bond donors (Lipinski definition) is 2. The van der Waals surface area contributed by atoms with E-state index in [9.17, 15) is 13.2 Å². The van der Waals surface area contributed by atoms with Gasteiger partial charge in [0, 0.05) is 68.1 Å². The highest BCUT2D eigenvalue weighted by Crippen LogP contribution is 2.36. The summed E-state index contributed by atoms with van der Waals surface area (Å²) < 4.78 is 28.2. The number of H-pyrrole nitrogens is 1. The van der Waals surface area contributed by atoms with Gasteiger partial charge >= 0.3 is 0 Å². The van der Waals surface area contributed by atoms with Crippen molar-refractivity contribution in [2.75, 3.05) is 25.0 Å². The number of benzene rings is 2. The van der Waals surface area contributed by atoms with Crippen LogP contribution in [0.1, 0.15) is 31.0 Å². The number of carbonyl (C=O) groups is 1. The number of hydrogen-bond acceptors (Lipinski definition) is 5. The molecule has 0 aliphatic carbocycles. The minimum absolute atomic E-state index is 0.0635. The molecule has 0 bridgehead atoms. The van der Waals surface area contributed by atoms with E-state index in [0.717, 1.165) is 54.1 Å². The molecule has 1 aromatic heterocycles. The zero-order chi connectivity index (χ0) is 25.4. The summed E-state index contributed by atoms with van der Waals surface area (Å²) in [4.78, 5) is 13.4. The van der Waals surface area contributed by atoms with Gasteiger partial charge in [-0.1, -0.05) is 41.4 Å².